The van der Waals surface area contributed by atoms with E-state index in [1.165, 1.54) is 19.1 Å². The number of carboxylic acid groups (broad SMARTS) is 1. The van der Waals surface area contributed by atoms with E-state index < -0.39 is 27.0 Å². The van der Waals surface area contributed by atoms with Crippen molar-refractivity contribution >= 4 is 21.7 Å². The van der Waals surface area contributed by atoms with E-state index in [4.69, 9.17) is 5.11 Å². The van der Waals surface area contributed by atoms with Crippen molar-refractivity contribution < 1.29 is 23.2 Å². The highest BCUT2D eigenvalue weighted by molar-refractivity contribution is 7.89. The molecular weight excluding hydrogens is 300 g/mol. The van der Waals surface area contributed by atoms with Crippen molar-refractivity contribution in [2.75, 3.05) is 0 Å². The number of carboxylic acids is 1. The number of sulfonamides is 1. The minimum atomic E-state index is -4.15. The predicted molar refractivity (Wildman–Crippen MR) is 74.5 cm³/mol. The molecule has 116 valence electrons. The molecule has 1 unspecified atom stereocenters. The number of nitrogens with one attached hydrogen (secondary N) is 1. The zero-order chi connectivity index (χ0) is 16.2. The molecule has 8 nitrogen and oxygen atoms in total. The number of carbonyl (C=O) groups is 1. The molecule has 0 heterocycles. The molecular formula is C12H16N2O6S. The van der Waals surface area contributed by atoms with E-state index in [0.717, 1.165) is 6.07 Å². The molecule has 1 aromatic rings. The zero-order valence-corrected chi connectivity index (χ0v) is 12.4. The summed E-state index contributed by atoms with van der Waals surface area (Å²) in [6.45, 7) is 3.21. The largest absolute Gasteiger partial charge is 0.480 e. The number of hydrogen-bond donors (Lipinski definition) is 2. The first kappa shape index (κ1) is 17.1. The van der Waals surface area contributed by atoms with Crippen LogP contribution >= 0.6 is 0 Å². The van der Waals surface area contributed by atoms with Crippen molar-refractivity contribution in [3.63, 3.8) is 0 Å². The third kappa shape index (κ3) is 4.23. The minimum absolute atomic E-state index is 0.128. The van der Waals surface area contributed by atoms with Crippen LogP contribution in [0.2, 0.25) is 0 Å². The molecule has 9 heteroatoms. The van der Waals surface area contributed by atoms with Crippen molar-refractivity contribution in [3.8, 4) is 0 Å². The van der Waals surface area contributed by atoms with Gasteiger partial charge in [-0.05, 0) is 18.9 Å². The average Bonchev–Trinajstić information content (AvgIpc) is 2.37. The molecule has 0 saturated heterocycles. The van der Waals surface area contributed by atoms with Gasteiger partial charge in [-0.2, -0.15) is 4.72 Å². The maximum atomic E-state index is 12.2. The summed E-state index contributed by atoms with van der Waals surface area (Å²) in [5.41, 5.74) is -0.0721. The van der Waals surface area contributed by atoms with Gasteiger partial charge >= 0.3 is 5.97 Å². The Balaban J connectivity index is 3.21. The van der Waals surface area contributed by atoms with Crippen molar-refractivity contribution in [1.29, 1.82) is 0 Å². The molecule has 2 N–H and O–H groups in total. The highest BCUT2D eigenvalue weighted by Gasteiger charge is 2.27. The molecule has 0 amide bonds. The van der Waals surface area contributed by atoms with Gasteiger partial charge in [0.25, 0.3) is 5.69 Å². The van der Waals surface area contributed by atoms with Crippen LogP contribution in [0.25, 0.3) is 0 Å². The number of nitrogens with zero attached hydrogens (tertiary/aromatic N) is 1. The van der Waals surface area contributed by atoms with Crippen LogP contribution in [0.4, 0.5) is 5.69 Å². The Morgan fingerprint density at radius 2 is 2.10 bits per heavy atom. The number of hydrogen-bond acceptors (Lipinski definition) is 5. The molecule has 0 radical (unpaired) electrons. The summed E-state index contributed by atoms with van der Waals surface area (Å²) in [6, 6.07) is 2.15. The maximum Gasteiger partial charge on any atom is 0.321 e. The number of aliphatic carboxylic acids is 1. The average molecular weight is 316 g/mol. The number of aryl methyl sites for hydroxylation is 1. The first-order valence-corrected chi connectivity index (χ1v) is 7.67. The molecule has 0 saturated carbocycles. The fourth-order valence-electron chi connectivity index (χ4n) is 1.76. The summed E-state index contributed by atoms with van der Waals surface area (Å²) in [4.78, 5) is 20.7. The molecule has 21 heavy (non-hydrogen) atoms. The summed E-state index contributed by atoms with van der Waals surface area (Å²) in [5.74, 6) is -1.29. The lowest BCUT2D eigenvalue weighted by atomic mass is 10.2. The second-order valence-electron chi connectivity index (χ2n) is 4.51. The smallest absolute Gasteiger partial charge is 0.321 e. The van der Waals surface area contributed by atoms with E-state index in [9.17, 15) is 23.3 Å². The van der Waals surface area contributed by atoms with E-state index in [2.05, 4.69) is 4.72 Å². The third-order valence-corrected chi connectivity index (χ3v) is 4.46. The Morgan fingerprint density at radius 1 is 1.48 bits per heavy atom. The van der Waals surface area contributed by atoms with Gasteiger partial charge in [0.2, 0.25) is 10.0 Å². The van der Waals surface area contributed by atoms with Crippen LogP contribution in [0.15, 0.2) is 23.1 Å². The van der Waals surface area contributed by atoms with Gasteiger partial charge in [-0.1, -0.05) is 19.4 Å². The lowest BCUT2D eigenvalue weighted by Gasteiger charge is -2.15. The predicted octanol–water partition coefficient (Wildman–Crippen LogP) is 1.43. The van der Waals surface area contributed by atoms with Gasteiger partial charge in [0.05, 0.1) is 9.82 Å². The van der Waals surface area contributed by atoms with Crippen molar-refractivity contribution in [3.05, 3.63) is 33.9 Å². The van der Waals surface area contributed by atoms with E-state index >= 15 is 0 Å². The Labute approximate surface area is 122 Å². The molecule has 0 aliphatic carbocycles. The van der Waals surface area contributed by atoms with E-state index in [1.54, 1.807) is 6.92 Å². The fraction of sp³-hybridized carbons (Fsp3) is 0.417. The molecule has 1 aromatic carbocycles. The third-order valence-electron chi connectivity index (χ3n) is 2.84. The van der Waals surface area contributed by atoms with Crippen LogP contribution in [0.1, 0.15) is 25.3 Å². The first-order valence-electron chi connectivity index (χ1n) is 6.19. The summed E-state index contributed by atoms with van der Waals surface area (Å²) in [5, 5.41) is 19.7. The quantitative estimate of drug-likeness (QED) is 0.579. The Bertz CT molecular complexity index is 656. The number of non-ortho nitro benzene ring substituents is 1. The normalized spacial score (nSPS) is 12.9. The maximum absolute atomic E-state index is 12.2. The van der Waals surface area contributed by atoms with Gasteiger partial charge < -0.3 is 5.11 Å². The Morgan fingerprint density at radius 3 is 2.57 bits per heavy atom. The van der Waals surface area contributed by atoms with Crippen LogP contribution in [-0.2, 0) is 14.8 Å². The monoisotopic (exact) mass is 316 g/mol. The summed E-state index contributed by atoms with van der Waals surface area (Å²) in [7, 11) is -4.15. The molecule has 0 spiro atoms. The highest BCUT2D eigenvalue weighted by atomic mass is 32.2. The second-order valence-corrected chi connectivity index (χ2v) is 6.19. The van der Waals surface area contributed by atoms with Crippen LogP contribution < -0.4 is 4.72 Å². The van der Waals surface area contributed by atoms with Crippen LogP contribution in [0.5, 0.6) is 0 Å². The lowest BCUT2D eigenvalue weighted by Crippen LogP contribution is -2.40. The van der Waals surface area contributed by atoms with Crippen molar-refractivity contribution in [2.24, 2.45) is 0 Å². The minimum Gasteiger partial charge on any atom is -0.480 e. The van der Waals surface area contributed by atoms with Gasteiger partial charge in [0.15, 0.2) is 0 Å². The molecule has 0 fully saturated rings. The molecule has 0 aromatic heterocycles. The van der Waals surface area contributed by atoms with Gasteiger partial charge in [-0.3, -0.25) is 14.9 Å². The molecule has 0 aliphatic heterocycles. The molecule has 0 aliphatic rings. The van der Waals surface area contributed by atoms with E-state index in [1.807, 2.05) is 0 Å². The standard InChI is InChI=1S/C12H16N2O6S/c1-3-4-10(12(15)16)13-21(19,20)11-7-9(14(17)18)6-5-8(11)2/h5-7,10,13H,3-4H2,1-2H3,(H,15,16). The highest BCUT2D eigenvalue weighted by Crippen LogP contribution is 2.22. The summed E-state index contributed by atoms with van der Waals surface area (Å²) in [6.07, 6.45) is 0.607. The lowest BCUT2D eigenvalue weighted by molar-refractivity contribution is -0.385. The van der Waals surface area contributed by atoms with Gasteiger partial charge in [0.1, 0.15) is 6.04 Å². The number of nitro benzene ring substituents is 1. The van der Waals surface area contributed by atoms with Crippen molar-refractivity contribution in [2.45, 2.75) is 37.6 Å². The van der Waals surface area contributed by atoms with Crippen molar-refractivity contribution in [1.82, 2.24) is 4.72 Å². The van der Waals surface area contributed by atoms with E-state index in [-0.39, 0.29) is 17.0 Å². The molecule has 1 atom stereocenters. The van der Waals surface area contributed by atoms with Crippen LogP contribution in [0, 0.1) is 17.0 Å². The SMILES string of the molecule is CCCC(NS(=O)(=O)c1cc([N+](=O)[O-])ccc1C)C(=O)O. The zero-order valence-electron chi connectivity index (χ0n) is 11.6. The summed E-state index contributed by atoms with van der Waals surface area (Å²) < 4.78 is 26.5. The second kappa shape index (κ2) is 6.64. The number of benzene rings is 1. The molecule has 1 rings (SSSR count). The van der Waals surface area contributed by atoms with Gasteiger partial charge in [0, 0.05) is 12.1 Å². The molecule has 0 bridgehead atoms. The van der Waals surface area contributed by atoms with Crippen LogP contribution in [-0.4, -0.2) is 30.5 Å². The first-order chi connectivity index (χ1) is 9.69. The summed E-state index contributed by atoms with van der Waals surface area (Å²) >= 11 is 0. The van der Waals surface area contributed by atoms with Gasteiger partial charge in [-0.15, -0.1) is 0 Å². The van der Waals surface area contributed by atoms with Gasteiger partial charge in [-0.25, -0.2) is 8.42 Å². The fourth-order valence-corrected chi connectivity index (χ4v) is 3.25. The van der Waals surface area contributed by atoms with E-state index in [0.29, 0.717) is 12.0 Å². The Kier molecular flexibility index (Phi) is 5.39. The number of rotatable bonds is 7. The van der Waals surface area contributed by atoms with Crippen LogP contribution in [0.3, 0.4) is 0 Å². The topological polar surface area (TPSA) is 127 Å². The number of nitro groups is 1. The Hall–Kier alpha value is -2.00.